The highest BCUT2D eigenvalue weighted by Gasteiger charge is 2.20. The molecule has 2 aromatic rings. The molecule has 1 unspecified atom stereocenters. The molecule has 1 heterocycles. The Morgan fingerprint density at radius 1 is 1.43 bits per heavy atom. The highest BCUT2D eigenvalue weighted by Crippen LogP contribution is 2.28. The summed E-state index contributed by atoms with van der Waals surface area (Å²) in [4.78, 5) is 0.143. The summed E-state index contributed by atoms with van der Waals surface area (Å²) in [5.74, 6) is 0.695. The molecule has 0 aliphatic heterocycles. The third-order valence-corrected chi connectivity index (χ3v) is 5.11. The first-order valence-corrected chi connectivity index (χ1v) is 8.45. The number of rotatable bonds is 5. The number of ether oxygens (including phenoxy) is 1. The van der Waals surface area contributed by atoms with E-state index in [0.29, 0.717) is 5.75 Å². The van der Waals surface area contributed by atoms with Gasteiger partial charge in [-0.15, -0.1) is 0 Å². The van der Waals surface area contributed by atoms with Gasteiger partial charge in [0.2, 0.25) is 10.0 Å². The van der Waals surface area contributed by atoms with Crippen LogP contribution in [0.5, 0.6) is 5.75 Å². The van der Waals surface area contributed by atoms with Crippen molar-refractivity contribution in [2.24, 2.45) is 7.05 Å². The van der Waals surface area contributed by atoms with E-state index in [1.165, 1.54) is 17.1 Å². The lowest BCUT2D eigenvalue weighted by atomic mass is 10.1. The van der Waals surface area contributed by atoms with Crippen LogP contribution >= 0.6 is 15.9 Å². The fourth-order valence-corrected chi connectivity index (χ4v) is 3.63. The van der Waals surface area contributed by atoms with Gasteiger partial charge in [-0.1, -0.05) is 6.07 Å². The summed E-state index contributed by atoms with van der Waals surface area (Å²) >= 11 is 3.39. The monoisotopic (exact) mass is 373 g/mol. The summed E-state index contributed by atoms with van der Waals surface area (Å²) in [6.45, 7) is 1.78. The van der Waals surface area contributed by atoms with E-state index in [-0.39, 0.29) is 10.9 Å². The van der Waals surface area contributed by atoms with Crippen LogP contribution in [-0.2, 0) is 17.1 Å². The molecule has 8 heteroatoms. The number of sulfonamides is 1. The van der Waals surface area contributed by atoms with Crippen LogP contribution in [0.3, 0.4) is 0 Å². The second-order valence-corrected chi connectivity index (χ2v) is 7.15. The first kappa shape index (κ1) is 16.0. The van der Waals surface area contributed by atoms with Gasteiger partial charge in [0, 0.05) is 19.3 Å². The fourth-order valence-electron chi connectivity index (χ4n) is 1.86. The van der Waals surface area contributed by atoms with Gasteiger partial charge in [0.05, 0.1) is 17.8 Å². The molecule has 0 aliphatic rings. The zero-order valence-electron chi connectivity index (χ0n) is 11.9. The largest absolute Gasteiger partial charge is 0.496 e. The van der Waals surface area contributed by atoms with Gasteiger partial charge in [-0.2, -0.15) is 5.10 Å². The van der Waals surface area contributed by atoms with Crippen molar-refractivity contribution in [3.63, 3.8) is 0 Å². The van der Waals surface area contributed by atoms with Crippen molar-refractivity contribution in [3.8, 4) is 5.75 Å². The Hall–Kier alpha value is -1.38. The van der Waals surface area contributed by atoms with E-state index in [4.69, 9.17) is 4.74 Å². The summed E-state index contributed by atoms with van der Waals surface area (Å²) in [7, 11) is -0.348. The molecule has 0 saturated carbocycles. The van der Waals surface area contributed by atoms with Crippen LogP contribution in [0.1, 0.15) is 18.5 Å². The minimum Gasteiger partial charge on any atom is -0.496 e. The number of hydrogen-bond donors (Lipinski definition) is 1. The molecule has 1 N–H and O–H groups in total. The highest BCUT2D eigenvalue weighted by molar-refractivity contribution is 9.10. The smallest absolute Gasteiger partial charge is 0.244 e. The molecule has 0 saturated heterocycles. The van der Waals surface area contributed by atoms with Crippen LogP contribution < -0.4 is 9.46 Å². The van der Waals surface area contributed by atoms with Crippen LogP contribution in [0.4, 0.5) is 0 Å². The van der Waals surface area contributed by atoms with Crippen LogP contribution in [0.15, 0.2) is 40.0 Å². The van der Waals surface area contributed by atoms with Crippen LogP contribution in [0.2, 0.25) is 0 Å². The maximum absolute atomic E-state index is 12.2. The van der Waals surface area contributed by atoms with Gasteiger partial charge in [0.15, 0.2) is 0 Å². The molecule has 2 rings (SSSR count). The van der Waals surface area contributed by atoms with Crippen molar-refractivity contribution < 1.29 is 13.2 Å². The number of nitrogens with zero attached hydrogens (tertiary/aromatic N) is 2. The average molecular weight is 374 g/mol. The molecule has 1 aromatic heterocycles. The van der Waals surface area contributed by atoms with Gasteiger partial charge < -0.3 is 4.74 Å². The molecule has 0 fully saturated rings. The average Bonchev–Trinajstić information content (AvgIpc) is 2.85. The summed E-state index contributed by atoms with van der Waals surface area (Å²) in [5, 5.41) is 3.87. The zero-order valence-corrected chi connectivity index (χ0v) is 14.3. The number of hydrogen-bond acceptors (Lipinski definition) is 4. The molecule has 0 aliphatic carbocycles. The van der Waals surface area contributed by atoms with E-state index < -0.39 is 10.0 Å². The van der Waals surface area contributed by atoms with Gasteiger partial charge in [-0.25, -0.2) is 13.1 Å². The third-order valence-electron chi connectivity index (χ3n) is 3.00. The molecule has 0 spiro atoms. The topological polar surface area (TPSA) is 73.2 Å². The minimum absolute atomic E-state index is 0.143. The van der Waals surface area contributed by atoms with Gasteiger partial charge in [-0.05, 0) is 40.5 Å². The predicted molar refractivity (Wildman–Crippen MR) is 82.6 cm³/mol. The quantitative estimate of drug-likeness (QED) is 0.871. The van der Waals surface area contributed by atoms with E-state index in [2.05, 4.69) is 25.8 Å². The number of benzene rings is 1. The molecule has 0 bridgehead atoms. The molecule has 0 amide bonds. The van der Waals surface area contributed by atoms with Crippen LogP contribution in [0, 0.1) is 0 Å². The predicted octanol–water partition coefficient (Wildman–Crippen LogP) is 2.23. The molecule has 114 valence electrons. The molecule has 1 atom stereocenters. The number of nitrogens with one attached hydrogen (secondary N) is 1. The Labute approximate surface area is 132 Å². The van der Waals surface area contributed by atoms with E-state index in [9.17, 15) is 8.42 Å². The number of methoxy groups -OCH3 is 1. The Kier molecular flexibility index (Phi) is 4.70. The zero-order chi connectivity index (χ0) is 15.6. The van der Waals surface area contributed by atoms with Crippen molar-refractivity contribution in [1.82, 2.24) is 14.5 Å². The minimum atomic E-state index is -3.60. The Morgan fingerprint density at radius 3 is 2.67 bits per heavy atom. The second-order valence-electron chi connectivity index (χ2n) is 4.59. The summed E-state index contributed by atoms with van der Waals surface area (Å²) < 4.78 is 34.5. The number of aryl methyl sites for hydroxylation is 1. The molecule has 1 aromatic carbocycles. The Morgan fingerprint density at radius 2 is 2.14 bits per heavy atom. The standard InChI is InChI=1S/C13H16BrN3O3S/c1-9(10-4-5-13(20-3)12(14)6-10)16-21(18,19)11-7-15-17(2)8-11/h4-9,16H,1-3H3. The Balaban J connectivity index is 2.21. The molecule has 0 radical (unpaired) electrons. The lowest BCUT2D eigenvalue weighted by Gasteiger charge is -2.15. The van der Waals surface area contributed by atoms with E-state index >= 15 is 0 Å². The second kappa shape index (κ2) is 6.17. The molecule has 21 heavy (non-hydrogen) atoms. The van der Waals surface area contributed by atoms with Crippen molar-refractivity contribution in [2.75, 3.05) is 7.11 Å². The van der Waals surface area contributed by atoms with E-state index in [1.54, 1.807) is 27.1 Å². The normalized spacial score (nSPS) is 13.1. The molecular formula is C13H16BrN3O3S. The third kappa shape index (κ3) is 3.63. The van der Waals surface area contributed by atoms with E-state index in [1.807, 2.05) is 12.1 Å². The maximum atomic E-state index is 12.2. The molecule has 6 nitrogen and oxygen atoms in total. The number of aromatic nitrogens is 2. The summed E-state index contributed by atoms with van der Waals surface area (Å²) in [6.07, 6.45) is 2.78. The van der Waals surface area contributed by atoms with E-state index in [0.717, 1.165) is 10.0 Å². The van der Waals surface area contributed by atoms with Crippen LogP contribution in [-0.4, -0.2) is 25.3 Å². The Bertz CT molecular complexity index is 743. The maximum Gasteiger partial charge on any atom is 0.244 e. The van der Waals surface area contributed by atoms with Gasteiger partial charge in [0.1, 0.15) is 10.6 Å². The van der Waals surface area contributed by atoms with Crippen molar-refractivity contribution >= 4 is 26.0 Å². The van der Waals surface area contributed by atoms with Crippen molar-refractivity contribution in [2.45, 2.75) is 17.9 Å². The fraction of sp³-hybridized carbons (Fsp3) is 0.308. The van der Waals surface area contributed by atoms with Crippen LogP contribution in [0.25, 0.3) is 0 Å². The van der Waals surface area contributed by atoms with Crippen molar-refractivity contribution in [1.29, 1.82) is 0 Å². The van der Waals surface area contributed by atoms with Gasteiger partial charge in [0.25, 0.3) is 0 Å². The van der Waals surface area contributed by atoms with Gasteiger partial charge in [-0.3, -0.25) is 4.68 Å². The lowest BCUT2D eigenvalue weighted by Crippen LogP contribution is -2.26. The van der Waals surface area contributed by atoms with Gasteiger partial charge >= 0.3 is 0 Å². The van der Waals surface area contributed by atoms with Crippen molar-refractivity contribution in [3.05, 3.63) is 40.6 Å². The summed E-state index contributed by atoms with van der Waals surface area (Å²) in [6, 6.07) is 5.06. The number of halogens is 1. The first-order valence-electron chi connectivity index (χ1n) is 6.18. The SMILES string of the molecule is COc1ccc(C(C)NS(=O)(=O)c2cnn(C)c2)cc1Br. The highest BCUT2D eigenvalue weighted by atomic mass is 79.9. The molecular weight excluding hydrogens is 358 g/mol. The first-order chi connectivity index (χ1) is 9.83. The summed E-state index contributed by atoms with van der Waals surface area (Å²) in [5.41, 5.74) is 0.829. The lowest BCUT2D eigenvalue weighted by molar-refractivity contribution is 0.412.